The van der Waals surface area contributed by atoms with Crippen LogP contribution in [-0.4, -0.2) is 51.3 Å². The lowest BCUT2D eigenvalue weighted by molar-refractivity contribution is -0.0988. The van der Waals surface area contributed by atoms with Crippen LogP contribution in [0.1, 0.15) is 33.6 Å². The monoisotopic (exact) mass is 288 g/mol. The molecule has 118 valence electrons. The van der Waals surface area contributed by atoms with Gasteiger partial charge < -0.3 is 24.8 Å². The molecule has 2 N–H and O–H groups in total. The van der Waals surface area contributed by atoms with Crippen molar-refractivity contribution in [1.82, 2.24) is 10.6 Å². The first-order valence-electron chi connectivity index (χ1n) is 7.11. The first kappa shape index (κ1) is 17.2. The third-order valence-electron chi connectivity index (χ3n) is 3.09. The Morgan fingerprint density at radius 1 is 1.20 bits per heavy atom. The SMILES string of the molecule is COC(CNCC(NC(=O)OC(C)(C)C)C1CC1)OC. The Labute approximate surface area is 121 Å². The molecule has 6 nitrogen and oxygen atoms in total. The second kappa shape index (κ2) is 7.81. The summed E-state index contributed by atoms with van der Waals surface area (Å²) in [5.41, 5.74) is -0.469. The van der Waals surface area contributed by atoms with Gasteiger partial charge in [0.05, 0.1) is 0 Å². The molecule has 1 aliphatic carbocycles. The normalized spacial score (nSPS) is 17.1. The number of alkyl carbamates (subject to hydrolysis) is 1. The van der Waals surface area contributed by atoms with Gasteiger partial charge in [0.2, 0.25) is 0 Å². The molecule has 0 aromatic rings. The predicted molar refractivity (Wildman–Crippen MR) is 76.6 cm³/mol. The summed E-state index contributed by atoms with van der Waals surface area (Å²) in [6.45, 7) is 6.86. The average Bonchev–Trinajstić information content (AvgIpc) is 3.15. The van der Waals surface area contributed by atoms with E-state index < -0.39 is 5.60 Å². The maximum Gasteiger partial charge on any atom is 0.407 e. The highest BCUT2D eigenvalue weighted by atomic mass is 16.7. The minimum absolute atomic E-state index is 0.0965. The van der Waals surface area contributed by atoms with Gasteiger partial charge in [-0.25, -0.2) is 4.79 Å². The summed E-state index contributed by atoms with van der Waals surface area (Å²) in [5.74, 6) is 0.540. The molecule has 0 aromatic carbocycles. The van der Waals surface area contributed by atoms with E-state index in [-0.39, 0.29) is 18.4 Å². The molecule has 1 unspecified atom stereocenters. The van der Waals surface area contributed by atoms with Gasteiger partial charge in [0, 0.05) is 33.4 Å². The largest absolute Gasteiger partial charge is 0.444 e. The fourth-order valence-corrected chi connectivity index (χ4v) is 1.91. The Kier molecular flexibility index (Phi) is 6.71. The van der Waals surface area contributed by atoms with Crippen molar-refractivity contribution in [2.24, 2.45) is 5.92 Å². The topological polar surface area (TPSA) is 68.8 Å². The van der Waals surface area contributed by atoms with Crippen LogP contribution in [0.3, 0.4) is 0 Å². The van der Waals surface area contributed by atoms with Crippen molar-refractivity contribution in [2.45, 2.75) is 51.5 Å². The highest BCUT2D eigenvalue weighted by Crippen LogP contribution is 2.32. The molecular formula is C14H28N2O4. The first-order valence-corrected chi connectivity index (χ1v) is 7.11. The highest BCUT2D eigenvalue weighted by molar-refractivity contribution is 5.68. The van der Waals surface area contributed by atoms with Crippen molar-refractivity contribution in [3.63, 3.8) is 0 Å². The second-order valence-electron chi connectivity index (χ2n) is 6.15. The van der Waals surface area contributed by atoms with E-state index in [1.54, 1.807) is 14.2 Å². The number of ether oxygens (including phenoxy) is 3. The predicted octanol–water partition coefficient (Wildman–Crippen LogP) is 1.50. The molecule has 0 saturated heterocycles. The van der Waals surface area contributed by atoms with Crippen molar-refractivity contribution in [3.8, 4) is 0 Å². The number of hydrogen-bond acceptors (Lipinski definition) is 5. The van der Waals surface area contributed by atoms with E-state index >= 15 is 0 Å². The van der Waals surface area contributed by atoms with Crippen molar-refractivity contribution >= 4 is 6.09 Å². The van der Waals surface area contributed by atoms with E-state index in [2.05, 4.69) is 10.6 Å². The maximum absolute atomic E-state index is 11.8. The summed E-state index contributed by atoms with van der Waals surface area (Å²) in [6.07, 6.45) is 1.68. The lowest BCUT2D eigenvalue weighted by Crippen LogP contribution is -2.46. The fraction of sp³-hybridized carbons (Fsp3) is 0.929. The van der Waals surface area contributed by atoms with Crippen LogP contribution in [0, 0.1) is 5.92 Å². The molecule has 1 aliphatic rings. The van der Waals surface area contributed by atoms with Crippen molar-refractivity contribution < 1.29 is 19.0 Å². The molecule has 6 heteroatoms. The minimum Gasteiger partial charge on any atom is -0.444 e. The Morgan fingerprint density at radius 3 is 2.25 bits per heavy atom. The van der Waals surface area contributed by atoms with Crippen LogP contribution in [-0.2, 0) is 14.2 Å². The Hall–Kier alpha value is -0.850. The molecule has 0 bridgehead atoms. The molecule has 1 saturated carbocycles. The summed E-state index contributed by atoms with van der Waals surface area (Å²) >= 11 is 0. The molecule has 0 radical (unpaired) electrons. The zero-order valence-corrected chi connectivity index (χ0v) is 13.2. The summed E-state index contributed by atoms with van der Waals surface area (Å²) in [6, 6.07) is 0.0965. The van der Waals surface area contributed by atoms with E-state index in [0.717, 1.165) is 12.8 Å². The number of methoxy groups -OCH3 is 2. The molecule has 1 amide bonds. The Bertz CT molecular complexity index is 296. The number of rotatable bonds is 8. The lowest BCUT2D eigenvalue weighted by atomic mass is 10.2. The molecular weight excluding hydrogens is 260 g/mol. The van der Waals surface area contributed by atoms with Crippen LogP contribution in [0.5, 0.6) is 0 Å². The number of carbonyl (C=O) groups is 1. The number of hydrogen-bond donors (Lipinski definition) is 2. The van der Waals surface area contributed by atoms with Crippen molar-refractivity contribution in [3.05, 3.63) is 0 Å². The highest BCUT2D eigenvalue weighted by Gasteiger charge is 2.33. The quantitative estimate of drug-likeness (QED) is 0.662. The standard InChI is InChI=1S/C14H28N2O4/c1-14(2,3)20-13(17)16-11(10-6-7-10)8-15-9-12(18-4)19-5/h10-12,15H,6-9H2,1-5H3,(H,16,17). The van der Waals surface area contributed by atoms with Gasteiger partial charge in [0.1, 0.15) is 5.60 Å². The van der Waals surface area contributed by atoms with Gasteiger partial charge in [0.15, 0.2) is 6.29 Å². The van der Waals surface area contributed by atoms with Crippen LogP contribution in [0.25, 0.3) is 0 Å². The van der Waals surface area contributed by atoms with Crippen LogP contribution in [0.15, 0.2) is 0 Å². The molecule has 1 rings (SSSR count). The third-order valence-corrected chi connectivity index (χ3v) is 3.09. The van der Waals surface area contributed by atoms with E-state index in [1.165, 1.54) is 0 Å². The van der Waals surface area contributed by atoms with Gasteiger partial charge >= 0.3 is 6.09 Å². The van der Waals surface area contributed by atoms with E-state index in [9.17, 15) is 4.79 Å². The van der Waals surface area contributed by atoms with Gasteiger partial charge in [-0.15, -0.1) is 0 Å². The summed E-state index contributed by atoms with van der Waals surface area (Å²) in [4.78, 5) is 11.8. The smallest absolute Gasteiger partial charge is 0.407 e. The third kappa shape index (κ3) is 7.07. The van der Waals surface area contributed by atoms with Gasteiger partial charge in [-0.05, 0) is 39.5 Å². The van der Waals surface area contributed by atoms with Gasteiger partial charge in [0.25, 0.3) is 0 Å². The van der Waals surface area contributed by atoms with Gasteiger partial charge in [-0.1, -0.05) is 0 Å². The molecule has 0 heterocycles. The number of nitrogens with one attached hydrogen (secondary N) is 2. The van der Waals surface area contributed by atoms with Crippen LogP contribution >= 0.6 is 0 Å². The molecule has 0 spiro atoms. The van der Waals surface area contributed by atoms with E-state index in [0.29, 0.717) is 19.0 Å². The average molecular weight is 288 g/mol. The summed E-state index contributed by atoms with van der Waals surface area (Å²) < 4.78 is 15.5. The van der Waals surface area contributed by atoms with Crippen LogP contribution in [0.2, 0.25) is 0 Å². The Morgan fingerprint density at radius 2 is 1.80 bits per heavy atom. The second-order valence-corrected chi connectivity index (χ2v) is 6.15. The first-order chi connectivity index (χ1) is 9.35. The molecule has 1 atom stereocenters. The molecule has 20 heavy (non-hydrogen) atoms. The van der Waals surface area contributed by atoms with Gasteiger partial charge in [-0.3, -0.25) is 0 Å². The zero-order chi connectivity index (χ0) is 15.2. The maximum atomic E-state index is 11.8. The lowest BCUT2D eigenvalue weighted by Gasteiger charge is -2.24. The summed E-state index contributed by atoms with van der Waals surface area (Å²) in [5, 5.41) is 6.20. The summed E-state index contributed by atoms with van der Waals surface area (Å²) in [7, 11) is 3.21. The number of carbonyl (C=O) groups excluding carboxylic acids is 1. The van der Waals surface area contributed by atoms with Crippen molar-refractivity contribution in [1.29, 1.82) is 0 Å². The zero-order valence-electron chi connectivity index (χ0n) is 13.2. The van der Waals surface area contributed by atoms with E-state index in [1.807, 2.05) is 20.8 Å². The van der Waals surface area contributed by atoms with Gasteiger partial charge in [-0.2, -0.15) is 0 Å². The number of amides is 1. The fourth-order valence-electron chi connectivity index (χ4n) is 1.91. The minimum atomic E-state index is -0.469. The van der Waals surface area contributed by atoms with Crippen LogP contribution in [0.4, 0.5) is 4.79 Å². The van der Waals surface area contributed by atoms with E-state index in [4.69, 9.17) is 14.2 Å². The van der Waals surface area contributed by atoms with Crippen molar-refractivity contribution in [2.75, 3.05) is 27.3 Å². The molecule has 1 fully saturated rings. The van der Waals surface area contributed by atoms with Crippen LogP contribution < -0.4 is 10.6 Å². The molecule has 0 aromatic heterocycles. The molecule has 0 aliphatic heterocycles. The Balaban J connectivity index is 2.32.